The molecule has 1 aromatic heterocycles. The van der Waals surface area contributed by atoms with Crippen molar-refractivity contribution in [3.8, 4) is 0 Å². The summed E-state index contributed by atoms with van der Waals surface area (Å²) in [5.41, 5.74) is 0.826. The van der Waals surface area contributed by atoms with E-state index in [1.54, 1.807) is 19.3 Å². The van der Waals surface area contributed by atoms with Crippen molar-refractivity contribution in [1.29, 1.82) is 0 Å². The molecule has 1 rings (SSSR count). The van der Waals surface area contributed by atoms with E-state index >= 15 is 0 Å². The van der Waals surface area contributed by atoms with Gasteiger partial charge in [0, 0.05) is 11.8 Å². The van der Waals surface area contributed by atoms with Gasteiger partial charge in [-0.05, 0) is 13.3 Å². The lowest BCUT2D eigenvalue weighted by Gasteiger charge is -2.17. The topological polar surface area (TPSA) is 107 Å². The van der Waals surface area contributed by atoms with Crippen LogP contribution in [0.5, 0.6) is 0 Å². The van der Waals surface area contributed by atoms with E-state index in [1.807, 2.05) is 6.92 Å². The van der Waals surface area contributed by atoms with Gasteiger partial charge in [-0.2, -0.15) is 5.10 Å². The summed E-state index contributed by atoms with van der Waals surface area (Å²) in [6.45, 7) is 3.66. The Kier molecular flexibility index (Phi) is 5.16. The highest BCUT2D eigenvalue weighted by atomic mass is 16.4. The van der Waals surface area contributed by atoms with Gasteiger partial charge in [0.05, 0.1) is 12.2 Å². The van der Waals surface area contributed by atoms with Crippen LogP contribution >= 0.6 is 0 Å². The maximum absolute atomic E-state index is 11.6. The second kappa shape index (κ2) is 6.63. The van der Waals surface area contributed by atoms with E-state index in [-0.39, 0.29) is 6.04 Å². The molecular weight excluding hydrogens is 236 g/mol. The van der Waals surface area contributed by atoms with Gasteiger partial charge in [-0.25, -0.2) is 9.59 Å². The first-order valence-corrected chi connectivity index (χ1v) is 5.83. The second-order valence-electron chi connectivity index (χ2n) is 4.05. The Labute approximate surface area is 105 Å². The predicted molar refractivity (Wildman–Crippen MR) is 65.0 cm³/mol. The normalized spacial score (nSPS) is 13.7. The summed E-state index contributed by atoms with van der Waals surface area (Å²) in [5, 5.41) is 20.4. The molecule has 0 aliphatic carbocycles. The Morgan fingerprint density at radius 2 is 2.22 bits per heavy atom. The summed E-state index contributed by atoms with van der Waals surface area (Å²) < 4.78 is 0. The Hall–Kier alpha value is -2.05. The maximum atomic E-state index is 11.6. The highest BCUT2D eigenvalue weighted by Crippen LogP contribution is 2.08. The number of nitrogens with zero attached hydrogens (tertiary/aromatic N) is 1. The van der Waals surface area contributed by atoms with Crippen molar-refractivity contribution in [1.82, 2.24) is 20.8 Å². The van der Waals surface area contributed by atoms with Crippen molar-refractivity contribution in [3.63, 3.8) is 0 Å². The molecule has 0 bridgehead atoms. The number of amides is 2. The fraction of sp³-hybridized carbons (Fsp3) is 0.545. The van der Waals surface area contributed by atoms with E-state index in [0.717, 1.165) is 5.56 Å². The van der Waals surface area contributed by atoms with Crippen molar-refractivity contribution in [2.75, 3.05) is 0 Å². The summed E-state index contributed by atoms with van der Waals surface area (Å²) in [7, 11) is 0. The number of aliphatic carboxylic acids is 1. The first-order chi connectivity index (χ1) is 8.54. The molecule has 7 nitrogen and oxygen atoms in total. The molecule has 1 heterocycles. The van der Waals surface area contributed by atoms with Crippen LogP contribution in [0.1, 0.15) is 38.3 Å². The maximum Gasteiger partial charge on any atom is 0.326 e. The predicted octanol–water partition coefficient (Wildman–Crippen LogP) is 1.02. The average molecular weight is 254 g/mol. The second-order valence-corrected chi connectivity index (χ2v) is 4.05. The molecule has 0 saturated carbocycles. The number of hydrogen-bond acceptors (Lipinski definition) is 3. The zero-order valence-corrected chi connectivity index (χ0v) is 10.4. The Bertz CT molecular complexity index is 391. The third-order valence-corrected chi connectivity index (χ3v) is 2.55. The van der Waals surface area contributed by atoms with Gasteiger partial charge in [0.2, 0.25) is 0 Å². The molecule has 0 aliphatic rings. The minimum atomic E-state index is -1.03. The van der Waals surface area contributed by atoms with Crippen LogP contribution in [0.25, 0.3) is 0 Å². The number of carbonyl (C=O) groups excluding carboxylic acids is 1. The van der Waals surface area contributed by atoms with Crippen molar-refractivity contribution in [2.45, 2.75) is 38.8 Å². The van der Waals surface area contributed by atoms with Crippen LogP contribution in [0.4, 0.5) is 4.79 Å². The van der Waals surface area contributed by atoms with E-state index in [1.165, 1.54) is 0 Å². The van der Waals surface area contributed by atoms with Gasteiger partial charge in [-0.15, -0.1) is 0 Å². The summed E-state index contributed by atoms with van der Waals surface area (Å²) in [6.07, 6.45) is 4.37. The smallest absolute Gasteiger partial charge is 0.326 e. The number of carboxylic acids is 1. The molecule has 0 fully saturated rings. The van der Waals surface area contributed by atoms with Gasteiger partial charge in [0.25, 0.3) is 0 Å². The fourth-order valence-electron chi connectivity index (χ4n) is 1.52. The van der Waals surface area contributed by atoms with Gasteiger partial charge in [0.1, 0.15) is 6.04 Å². The number of rotatable bonds is 6. The molecule has 0 aromatic carbocycles. The fourth-order valence-corrected chi connectivity index (χ4v) is 1.52. The third kappa shape index (κ3) is 4.08. The quantitative estimate of drug-likeness (QED) is 0.608. The summed E-state index contributed by atoms with van der Waals surface area (Å²) in [6, 6.07) is -1.59. The largest absolute Gasteiger partial charge is 0.480 e. The minimum Gasteiger partial charge on any atom is -0.480 e. The van der Waals surface area contributed by atoms with E-state index in [0.29, 0.717) is 12.8 Å². The molecule has 100 valence electrons. The van der Waals surface area contributed by atoms with Crippen LogP contribution in [0.3, 0.4) is 0 Å². The molecule has 7 heteroatoms. The molecule has 18 heavy (non-hydrogen) atoms. The summed E-state index contributed by atoms with van der Waals surface area (Å²) in [5.74, 6) is -1.03. The molecule has 2 atom stereocenters. The van der Waals surface area contributed by atoms with Crippen LogP contribution < -0.4 is 10.6 Å². The highest BCUT2D eigenvalue weighted by molar-refractivity contribution is 5.82. The summed E-state index contributed by atoms with van der Waals surface area (Å²) >= 11 is 0. The third-order valence-electron chi connectivity index (χ3n) is 2.55. The zero-order valence-electron chi connectivity index (χ0n) is 10.4. The van der Waals surface area contributed by atoms with Crippen LogP contribution in [0.2, 0.25) is 0 Å². The standard InChI is InChI=1S/C11H18N4O3/c1-3-4-9(10(16)17)15-11(18)14-7(2)8-5-12-13-6-8/h5-7,9H,3-4H2,1-2H3,(H,12,13)(H,16,17)(H2,14,15,18). The number of urea groups is 1. The lowest BCUT2D eigenvalue weighted by Crippen LogP contribution is -2.46. The number of aromatic amines is 1. The SMILES string of the molecule is CCCC(NC(=O)NC(C)c1cn[nH]c1)C(=O)O. The highest BCUT2D eigenvalue weighted by Gasteiger charge is 2.19. The number of carbonyl (C=O) groups is 2. The average Bonchev–Trinajstić information content (AvgIpc) is 2.81. The van der Waals surface area contributed by atoms with E-state index in [9.17, 15) is 9.59 Å². The minimum absolute atomic E-state index is 0.236. The van der Waals surface area contributed by atoms with E-state index in [2.05, 4.69) is 20.8 Å². The number of nitrogens with one attached hydrogen (secondary N) is 3. The van der Waals surface area contributed by atoms with E-state index < -0.39 is 18.0 Å². The van der Waals surface area contributed by atoms with Gasteiger partial charge in [-0.3, -0.25) is 5.10 Å². The van der Waals surface area contributed by atoms with Crippen LogP contribution in [-0.2, 0) is 4.79 Å². The molecule has 0 spiro atoms. The monoisotopic (exact) mass is 254 g/mol. The van der Waals surface area contributed by atoms with E-state index in [4.69, 9.17) is 5.11 Å². The van der Waals surface area contributed by atoms with Gasteiger partial charge < -0.3 is 15.7 Å². The number of hydrogen-bond donors (Lipinski definition) is 4. The number of carboxylic acid groups (broad SMARTS) is 1. The number of H-pyrrole nitrogens is 1. The molecule has 1 aromatic rings. The zero-order chi connectivity index (χ0) is 13.5. The molecule has 4 N–H and O–H groups in total. The van der Waals surface area contributed by atoms with Crippen LogP contribution in [0, 0.1) is 0 Å². The van der Waals surface area contributed by atoms with Crippen LogP contribution in [0.15, 0.2) is 12.4 Å². The van der Waals surface area contributed by atoms with Crippen molar-refractivity contribution in [3.05, 3.63) is 18.0 Å². The van der Waals surface area contributed by atoms with Crippen LogP contribution in [-0.4, -0.2) is 33.3 Å². The Morgan fingerprint density at radius 3 is 2.72 bits per heavy atom. The Morgan fingerprint density at radius 1 is 1.50 bits per heavy atom. The van der Waals surface area contributed by atoms with Gasteiger partial charge in [0.15, 0.2) is 0 Å². The number of aromatic nitrogens is 2. The van der Waals surface area contributed by atoms with Crippen molar-refractivity contribution < 1.29 is 14.7 Å². The Balaban J connectivity index is 2.47. The molecule has 0 saturated heterocycles. The first-order valence-electron chi connectivity index (χ1n) is 5.83. The lowest BCUT2D eigenvalue weighted by atomic mass is 10.1. The first kappa shape index (κ1) is 14.0. The van der Waals surface area contributed by atoms with Crippen molar-refractivity contribution in [2.24, 2.45) is 0 Å². The molecular formula is C11H18N4O3. The molecule has 2 amide bonds. The van der Waals surface area contributed by atoms with Gasteiger partial charge in [-0.1, -0.05) is 13.3 Å². The molecule has 0 radical (unpaired) electrons. The molecule has 0 aliphatic heterocycles. The molecule has 2 unspecified atom stereocenters. The van der Waals surface area contributed by atoms with Gasteiger partial charge >= 0.3 is 12.0 Å². The van der Waals surface area contributed by atoms with Crippen molar-refractivity contribution >= 4 is 12.0 Å². The lowest BCUT2D eigenvalue weighted by molar-refractivity contribution is -0.139. The summed E-state index contributed by atoms with van der Waals surface area (Å²) in [4.78, 5) is 22.5.